The van der Waals surface area contributed by atoms with Gasteiger partial charge in [0.05, 0.1) is 52.4 Å². The lowest BCUT2D eigenvalue weighted by molar-refractivity contribution is 0.215. The van der Waals surface area contributed by atoms with Crippen LogP contribution in [0.25, 0.3) is 22.0 Å². The normalized spacial score (nSPS) is 11.8. The number of ether oxygens (including phenoxy) is 5. The monoisotopic (exact) mass is 464 g/mol. The lowest BCUT2D eigenvalue weighted by atomic mass is 9.96. The van der Waals surface area contributed by atoms with Crippen LogP contribution in [0.5, 0.6) is 28.7 Å². The van der Waals surface area contributed by atoms with E-state index in [4.69, 9.17) is 29.4 Å². The first-order valence-electron chi connectivity index (χ1n) is 10.6. The highest BCUT2D eigenvalue weighted by atomic mass is 16.5. The molecule has 4 N–H and O–H groups in total. The van der Waals surface area contributed by atoms with Crippen molar-refractivity contribution in [1.29, 1.82) is 0 Å². The number of fused-ring (bicyclic) bond motifs is 1. The van der Waals surface area contributed by atoms with Gasteiger partial charge in [-0.3, -0.25) is 0 Å². The summed E-state index contributed by atoms with van der Waals surface area (Å²) in [6.45, 7) is 0. The molecule has 0 fully saturated rings. The van der Waals surface area contributed by atoms with Crippen LogP contribution in [0, 0.1) is 0 Å². The second-order valence-electron chi connectivity index (χ2n) is 7.64. The van der Waals surface area contributed by atoms with Gasteiger partial charge in [-0.2, -0.15) is 0 Å². The number of nitrogens with two attached hydrogens (primary N) is 1. The van der Waals surface area contributed by atoms with Crippen molar-refractivity contribution in [3.05, 3.63) is 59.8 Å². The summed E-state index contributed by atoms with van der Waals surface area (Å²) in [5.41, 5.74) is 10.3. The SMILES string of the molecule is COc1ccc2c(-c3ccc(OC)c(N)c3)c(C(O)c3cc(OC)c(OC)c(OC)c3)[nH]c2c1. The second-order valence-corrected chi connectivity index (χ2v) is 7.64. The first-order valence-corrected chi connectivity index (χ1v) is 10.6. The third-order valence-corrected chi connectivity index (χ3v) is 5.83. The maximum absolute atomic E-state index is 11.6. The molecular formula is C26H28N2O6. The summed E-state index contributed by atoms with van der Waals surface area (Å²) < 4.78 is 27.1. The van der Waals surface area contributed by atoms with E-state index in [0.717, 1.165) is 22.0 Å². The minimum Gasteiger partial charge on any atom is -0.497 e. The van der Waals surface area contributed by atoms with Crippen LogP contribution >= 0.6 is 0 Å². The van der Waals surface area contributed by atoms with E-state index >= 15 is 0 Å². The van der Waals surface area contributed by atoms with Crippen molar-refractivity contribution in [3.63, 3.8) is 0 Å². The Kier molecular flexibility index (Phi) is 6.43. The molecule has 0 saturated heterocycles. The molecule has 0 saturated carbocycles. The summed E-state index contributed by atoms with van der Waals surface area (Å²) in [5, 5.41) is 12.5. The minimum atomic E-state index is -1.04. The smallest absolute Gasteiger partial charge is 0.203 e. The molecule has 0 aliphatic rings. The van der Waals surface area contributed by atoms with Crippen LogP contribution in [0.2, 0.25) is 0 Å². The van der Waals surface area contributed by atoms with E-state index in [-0.39, 0.29) is 0 Å². The number of aliphatic hydroxyl groups is 1. The van der Waals surface area contributed by atoms with Crippen molar-refractivity contribution >= 4 is 16.6 Å². The number of nitrogen functional groups attached to an aromatic ring is 1. The Bertz CT molecular complexity index is 1310. The van der Waals surface area contributed by atoms with Crippen molar-refractivity contribution < 1.29 is 28.8 Å². The molecule has 0 amide bonds. The maximum Gasteiger partial charge on any atom is 0.203 e. The van der Waals surface area contributed by atoms with Gasteiger partial charge in [0.25, 0.3) is 0 Å². The van der Waals surface area contributed by atoms with Crippen LogP contribution in [0.15, 0.2) is 48.5 Å². The summed E-state index contributed by atoms with van der Waals surface area (Å²) in [6, 6.07) is 14.7. The lowest BCUT2D eigenvalue weighted by Gasteiger charge is -2.18. The number of anilines is 1. The lowest BCUT2D eigenvalue weighted by Crippen LogP contribution is -2.04. The van der Waals surface area contributed by atoms with Gasteiger partial charge in [-0.25, -0.2) is 0 Å². The van der Waals surface area contributed by atoms with Crippen LogP contribution in [0.1, 0.15) is 17.4 Å². The number of methoxy groups -OCH3 is 5. The van der Waals surface area contributed by atoms with Crippen molar-refractivity contribution in [2.45, 2.75) is 6.10 Å². The van der Waals surface area contributed by atoms with Crippen LogP contribution in [0.3, 0.4) is 0 Å². The van der Waals surface area contributed by atoms with Crippen LogP contribution in [-0.2, 0) is 0 Å². The van der Waals surface area contributed by atoms with Crippen molar-refractivity contribution in [2.24, 2.45) is 0 Å². The van der Waals surface area contributed by atoms with Crippen molar-refractivity contribution in [1.82, 2.24) is 4.98 Å². The largest absolute Gasteiger partial charge is 0.497 e. The van der Waals surface area contributed by atoms with E-state index in [2.05, 4.69) is 4.98 Å². The standard InChI is InChI=1S/C26H28N2O6/c1-30-16-7-8-17-19(13-16)28-24(23(17)14-6-9-20(31-2)18(27)10-14)25(29)15-11-21(32-3)26(34-5)22(12-15)33-4/h6-13,25,28-29H,27H2,1-5H3. The van der Waals surface area contributed by atoms with E-state index in [0.29, 0.717) is 45.7 Å². The predicted molar refractivity (Wildman–Crippen MR) is 131 cm³/mol. The van der Waals surface area contributed by atoms with E-state index in [1.54, 1.807) is 26.4 Å². The number of aromatic amines is 1. The summed E-state index contributed by atoms with van der Waals surface area (Å²) in [6.07, 6.45) is -1.04. The molecule has 0 aliphatic carbocycles. The van der Waals surface area contributed by atoms with Gasteiger partial charge in [-0.1, -0.05) is 6.07 Å². The molecule has 1 unspecified atom stereocenters. The molecule has 0 bridgehead atoms. The first kappa shape index (κ1) is 23.1. The third-order valence-electron chi connectivity index (χ3n) is 5.83. The molecule has 1 aromatic heterocycles. The summed E-state index contributed by atoms with van der Waals surface area (Å²) >= 11 is 0. The highest BCUT2D eigenvalue weighted by Gasteiger charge is 2.25. The van der Waals surface area contributed by atoms with Gasteiger partial charge in [0.1, 0.15) is 17.6 Å². The van der Waals surface area contributed by atoms with Gasteiger partial charge in [-0.05, 0) is 47.5 Å². The zero-order chi connectivity index (χ0) is 24.4. The van der Waals surface area contributed by atoms with Gasteiger partial charge in [0, 0.05) is 17.0 Å². The average Bonchev–Trinajstić information content (AvgIpc) is 3.25. The van der Waals surface area contributed by atoms with E-state index in [1.807, 2.05) is 36.4 Å². The number of hydrogen-bond donors (Lipinski definition) is 3. The highest BCUT2D eigenvalue weighted by Crippen LogP contribution is 2.44. The fourth-order valence-corrected chi connectivity index (χ4v) is 4.16. The Morgan fingerprint density at radius 3 is 2.00 bits per heavy atom. The quantitative estimate of drug-likeness (QED) is 0.329. The fourth-order valence-electron chi connectivity index (χ4n) is 4.16. The average molecular weight is 465 g/mol. The molecular weight excluding hydrogens is 436 g/mol. The summed E-state index contributed by atoms with van der Waals surface area (Å²) in [7, 11) is 7.79. The minimum absolute atomic E-state index is 0.448. The molecule has 34 heavy (non-hydrogen) atoms. The Morgan fingerprint density at radius 1 is 0.765 bits per heavy atom. The summed E-state index contributed by atoms with van der Waals surface area (Å²) in [4.78, 5) is 3.37. The zero-order valence-electron chi connectivity index (χ0n) is 19.8. The number of aliphatic hydroxyl groups excluding tert-OH is 1. The van der Waals surface area contributed by atoms with E-state index in [1.165, 1.54) is 21.3 Å². The van der Waals surface area contributed by atoms with Crippen molar-refractivity contribution in [2.75, 3.05) is 41.3 Å². The molecule has 4 rings (SSSR count). The Balaban J connectivity index is 1.95. The zero-order valence-corrected chi connectivity index (χ0v) is 19.8. The molecule has 1 atom stereocenters. The molecule has 0 spiro atoms. The van der Waals surface area contributed by atoms with Gasteiger partial charge >= 0.3 is 0 Å². The Morgan fingerprint density at radius 2 is 1.44 bits per heavy atom. The first-order chi connectivity index (χ1) is 16.4. The third kappa shape index (κ3) is 3.92. The molecule has 8 nitrogen and oxygen atoms in total. The number of benzene rings is 3. The Hall–Kier alpha value is -4.04. The van der Waals surface area contributed by atoms with Crippen LogP contribution in [-0.4, -0.2) is 45.6 Å². The number of nitrogens with one attached hydrogen (secondary N) is 1. The van der Waals surface area contributed by atoms with Gasteiger partial charge < -0.3 is 39.5 Å². The number of H-pyrrole nitrogens is 1. The molecule has 8 heteroatoms. The molecule has 4 aromatic rings. The van der Waals surface area contributed by atoms with Gasteiger partial charge in [-0.15, -0.1) is 0 Å². The molecule has 178 valence electrons. The topological polar surface area (TPSA) is 108 Å². The van der Waals surface area contributed by atoms with Crippen molar-refractivity contribution in [3.8, 4) is 39.9 Å². The molecule has 1 heterocycles. The Labute approximate surface area is 197 Å². The highest BCUT2D eigenvalue weighted by molar-refractivity contribution is 5.99. The van der Waals surface area contributed by atoms with Gasteiger partial charge in [0.15, 0.2) is 11.5 Å². The molecule has 3 aromatic carbocycles. The number of rotatable bonds is 8. The fraction of sp³-hybridized carbons (Fsp3) is 0.231. The number of aromatic nitrogens is 1. The molecule has 0 aliphatic heterocycles. The molecule has 0 radical (unpaired) electrons. The van der Waals surface area contributed by atoms with Gasteiger partial charge in [0.2, 0.25) is 5.75 Å². The van der Waals surface area contributed by atoms with Crippen LogP contribution in [0.4, 0.5) is 5.69 Å². The second kappa shape index (κ2) is 9.44. The predicted octanol–water partition coefficient (Wildman–Crippen LogP) is 4.54. The maximum atomic E-state index is 11.6. The summed E-state index contributed by atoms with van der Waals surface area (Å²) in [5.74, 6) is 2.62. The van der Waals surface area contributed by atoms with E-state index in [9.17, 15) is 5.11 Å². The van der Waals surface area contributed by atoms with E-state index < -0.39 is 6.10 Å². The number of hydrogen-bond acceptors (Lipinski definition) is 7. The van der Waals surface area contributed by atoms with Crippen LogP contribution < -0.4 is 29.4 Å².